The lowest BCUT2D eigenvalue weighted by atomic mass is 10.2. The van der Waals surface area contributed by atoms with E-state index in [0.717, 1.165) is 9.24 Å². The van der Waals surface area contributed by atoms with Gasteiger partial charge >= 0.3 is 0 Å². The Morgan fingerprint density at radius 1 is 1.47 bits per heavy atom. The largest absolute Gasteiger partial charge is 0.298 e. The highest BCUT2D eigenvalue weighted by Gasteiger charge is 2.14. The van der Waals surface area contributed by atoms with Crippen molar-refractivity contribution in [2.24, 2.45) is 0 Å². The summed E-state index contributed by atoms with van der Waals surface area (Å²) >= 11 is 2.67. The van der Waals surface area contributed by atoms with Crippen LogP contribution in [-0.2, 0) is 0 Å². The molecule has 0 aliphatic carbocycles. The second kappa shape index (κ2) is 5.02. The number of aldehydes is 1. The number of carbonyl (C=O) groups is 1. The molecule has 0 atom stereocenters. The van der Waals surface area contributed by atoms with Gasteiger partial charge in [0.05, 0.1) is 10.5 Å². The Morgan fingerprint density at radius 3 is 2.88 bits per heavy atom. The lowest BCUT2D eigenvalue weighted by molar-refractivity contribution is -0.385. The fourth-order valence-corrected chi connectivity index (χ4v) is 2.67. The molecule has 2 aromatic rings. The molecule has 2 rings (SSSR count). The van der Waals surface area contributed by atoms with Gasteiger partial charge < -0.3 is 0 Å². The normalized spacial score (nSPS) is 10.1. The molecule has 0 unspecified atom stereocenters. The van der Waals surface area contributed by atoms with Crippen LogP contribution in [0.5, 0.6) is 0 Å². The van der Waals surface area contributed by atoms with Crippen LogP contribution in [0.25, 0.3) is 0 Å². The van der Waals surface area contributed by atoms with Crippen LogP contribution >= 0.6 is 23.1 Å². The van der Waals surface area contributed by atoms with Crippen LogP contribution in [0, 0.1) is 10.1 Å². The maximum Gasteiger partial charge on any atom is 0.279 e. The number of nitro groups is 1. The van der Waals surface area contributed by atoms with Crippen LogP contribution in [0.2, 0.25) is 0 Å². The first-order valence-electron chi connectivity index (χ1n) is 4.38. The van der Waals surface area contributed by atoms with Gasteiger partial charge in [-0.1, -0.05) is 23.1 Å². The minimum Gasteiger partial charge on any atom is -0.298 e. The summed E-state index contributed by atoms with van der Waals surface area (Å²) in [5.74, 6) is 0. The molecule has 0 aliphatic rings. The predicted molar refractivity (Wildman–Crippen MR) is 62.5 cm³/mol. The SMILES string of the molecule is O=Cc1cc(Sc2nncs2)ccc1[N+](=O)[O-]. The number of rotatable bonds is 4. The number of carbonyl (C=O) groups excluding carboxylic acids is 1. The maximum atomic E-state index is 10.7. The number of nitrogens with zero attached hydrogens (tertiary/aromatic N) is 3. The number of nitro benzene ring substituents is 1. The molecule has 1 aromatic carbocycles. The molecular formula is C9H5N3O3S2. The highest BCUT2D eigenvalue weighted by atomic mass is 32.2. The quantitative estimate of drug-likeness (QED) is 0.480. The molecule has 0 saturated carbocycles. The number of hydrogen-bond donors (Lipinski definition) is 0. The van der Waals surface area contributed by atoms with E-state index in [1.807, 2.05) is 0 Å². The summed E-state index contributed by atoms with van der Waals surface area (Å²) in [6.45, 7) is 0. The second-order valence-electron chi connectivity index (χ2n) is 2.90. The van der Waals surface area contributed by atoms with E-state index in [2.05, 4.69) is 10.2 Å². The zero-order valence-corrected chi connectivity index (χ0v) is 9.90. The van der Waals surface area contributed by atoms with Crippen LogP contribution < -0.4 is 0 Å². The fraction of sp³-hybridized carbons (Fsp3) is 0. The van der Waals surface area contributed by atoms with Gasteiger partial charge in [-0.2, -0.15) is 0 Å². The first kappa shape index (κ1) is 11.7. The minimum atomic E-state index is -0.580. The van der Waals surface area contributed by atoms with E-state index in [-0.39, 0.29) is 11.3 Å². The van der Waals surface area contributed by atoms with Gasteiger partial charge in [0.25, 0.3) is 5.69 Å². The van der Waals surface area contributed by atoms with Gasteiger partial charge in [-0.05, 0) is 12.1 Å². The molecule has 0 N–H and O–H groups in total. The summed E-state index contributed by atoms with van der Waals surface area (Å²) in [5.41, 5.74) is 1.46. The zero-order chi connectivity index (χ0) is 12.3. The van der Waals surface area contributed by atoms with E-state index >= 15 is 0 Å². The summed E-state index contributed by atoms with van der Waals surface area (Å²) in [4.78, 5) is 21.5. The summed E-state index contributed by atoms with van der Waals surface area (Å²) in [5, 5.41) is 18.1. The highest BCUT2D eigenvalue weighted by molar-refractivity contribution is 8.01. The first-order valence-corrected chi connectivity index (χ1v) is 6.08. The van der Waals surface area contributed by atoms with Gasteiger partial charge in [-0.15, -0.1) is 10.2 Å². The molecule has 6 nitrogen and oxygen atoms in total. The standard InChI is InChI=1S/C9H5N3O3S2/c13-4-6-3-7(1-2-8(6)12(14)15)17-9-11-10-5-16-9/h1-5H. The molecule has 0 aliphatic heterocycles. The molecule has 0 radical (unpaired) electrons. The molecule has 0 fully saturated rings. The van der Waals surface area contributed by atoms with Crippen LogP contribution in [-0.4, -0.2) is 21.4 Å². The molecule has 0 saturated heterocycles. The Balaban J connectivity index is 2.31. The van der Waals surface area contributed by atoms with E-state index in [1.54, 1.807) is 11.6 Å². The molecule has 0 spiro atoms. The van der Waals surface area contributed by atoms with E-state index in [0.29, 0.717) is 6.29 Å². The molecule has 8 heteroatoms. The molecule has 0 bridgehead atoms. The summed E-state index contributed by atoms with van der Waals surface area (Å²) < 4.78 is 0.718. The average Bonchev–Trinajstić information content (AvgIpc) is 2.81. The third-order valence-electron chi connectivity index (χ3n) is 1.87. The van der Waals surface area contributed by atoms with Crippen LogP contribution in [0.15, 0.2) is 32.9 Å². The molecular weight excluding hydrogens is 262 g/mol. The predicted octanol–water partition coefficient (Wildman–Crippen LogP) is 2.41. The van der Waals surface area contributed by atoms with Crippen molar-refractivity contribution in [3.05, 3.63) is 39.4 Å². The fourth-order valence-electron chi connectivity index (χ4n) is 1.16. The molecule has 0 amide bonds. The lowest BCUT2D eigenvalue weighted by Crippen LogP contribution is -1.94. The molecule has 17 heavy (non-hydrogen) atoms. The number of benzene rings is 1. The summed E-state index contributed by atoms with van der Waals surface area (Å²) in [6, 6.07) is 4.36. The van der Waals surface area contributed by atoms with Gasteiger partial charge in [0, 0.05) is 11.0 Å². The molecule has 1 heterocycles. The zero-order valence-electron chi connectivity index (χ0n) is 8.27. The highest BCUT2D eigenvalue weighted by Crippen LogP contribution is 2.31. The second-order valence-corrected chi connectivity index (χ2v) is 5.06. The third-order valence-corrected chi connectivity index (χ3v) is 3.64. The van der Waals surface area contributed by atoms with Crippen LogP contribution in [0.4, 0.5) is 5.69 Å². The third kappa shape index (κ3) is 2.66. The smallest absolute Gasteiger partial charge is 0.279 e. The van der Waals surface area contributed by atoms with E-state index < -0.39 is 4.92 Å². The summed E-state index contributed by atoms with van der Waals surface area (Å²) in [7, 11) is 0. The van der Waals surface area contributed by atoms with Crippen molar-refractivity contribution in [2.45, 2.75) is 9.24 Å². The van der Waals surface area contributed by atoms with Crippen LogP contribution in [0.1, 0.15) is 10.4 Å². The Bertz CT molecular complexity index is 557. The van der Waals surface area contributed by atoms with Crippen molar-refractivity contribution in [1.29, 1.82) is 0 Å². The van der Waals surface area contributed by atoms with Crippen molar-refractivity contribution >= 4 is 35.1 Å². The lowest BCUT2D eigenvalue weighted by Gasteiger charge is -1.99. The van der Waals surface area contributed by atoms with Crippen molar-refractivity contribution < 1.29 is 9.72 Å². The summed E-state index contributed by atoms with van der Waals surface area (Å²) in [6.07, 6.45) is 0.474. The molecule has 1 aromatic heterocycles. The molecule has 86 valence electrons. The van der Waals surface area contributed by atoms with Gasteiger partial charge in [-0.25, -0.2) is 0 Å². The van der Waals surface area contributed by atoms with Gasteiger partial charge in [0.2, 0.25) is 0 Å². The minimum absolute atomic E-state index is 0.0597. The van der Waals surface area contributed by atoms with Crippen molar-refractivity contribution in [1.82, 2.24) is 10.2 Å². The Kier molecular flexibility index (Phi) is 3.45. The first-order chi connectivity index (χ1) is 8.20. The van der Waals surface area contributed by atoms with Crippen LogP contribution in [0.3, 0.4) is 0 Å². The van der Waals surface area contributed by atoms with Gasteiger partial charge in [0.15, 0.2) is 10.6 Å². The number of hydrogen-bond acceptors (Lipinski definition) is 7. The van der Waals surface area contributed by atoms with E-state index in [9.17, 15) is 14.9 Å². The van der Waals surface area contributed by atoms with Gasteiger partial charge in [-0.3, -0.25) is 14.9 Å². The maximum absolute atomic E-state index is 10.7. The Morgan fingerprint density at radius 2 is 2.29 bits per heavy atom. The van der Waals surface area contributed by atoms with Crippen molar-refractivity contribution in [3.8, 4) is 0 Å². The van der Waals surface area contributed by atoms with Gasteiger partial charge in [0.1, 0.15) is 5.51 Å². The van der Waals surface area contributed by atoms with E-state index in [4.69, 9.17) is 0 Å². The Labute approximate surface area is 104 Å². The monoisotopic (exact) mass is 267 g/mol. The Hall–Kier alpha value is -1.80. The van der Waals surface area contributed by atoms with E-state index in [1.165, 1.54) is 35.2 Å². The number of aromatic nitrogens is 2. The average molecular weight is 267 g/mol. The van der Waals surface area contributed by atoms with Crippen molar-refractivity contribution in [2.75, 3.05) is 0 Å². The van der Waals surface area contributed by atoms with Crippen molar-refractivity contribution in [3.63, 3.8) is 0 Å². The topological polar surface area (TPSA) is 86.0 Å².